The maximum absolute atomic E-state index is 12.4. The number of hydrogen-bond donors (Lipinski definition) is 0. The van der Waals surface area contributed by atoms with E-state index in [0.29, 0.717) is 19.8 Å². The van der Waals surface area contributed by atoms with Crippen LogP contribution in [0.15, 0.2) is 11.6 Å². The van der Waals surface area contributed by atoms with Crippen LogP contribution in [0.2, 0.25) is 0 Å². The van der Waals surface area contributed by atoms with Crippen LogP contribution in [-0.4, -0.2) is 86.2 Å². The molecule has 2 saturated heterocycles. The van der Waals surface area contributed by atoms with Gasteiger partial charge in [0.2, 0.25) is 5.91 Å². The molecule has 1 amide bonds. The Morgan fingerprint density at radius 1 is 1.12 bits per heavy atom. The van der Waals surface area contributed by atoms with Gasteiger partial charge in [0, 0.05) is 45.8 Å². The summed E-state index contributed by atoms with van der Waals surface area (Å²) in [6, 6.07) is 0. The number of allylic oxidation sites excluding steroid dienone is 1. The molecule has 2 aliphatic heterocycles. The van der Waals surface area contributed by atoms with Crippen molar-refractivity contribution in [3.05, 3.63) is 11.6 Å². The molecule has 0 N–H and O–H groups in total. The minimum atomic E-state index is 0.270. The molecule has 2 fully saturated rings. The Kier molecular flexibility index (Phi) is 6.31. The van der Waals surface area contributed by atoms with Gasteiger partial charge in [-0.15, -0.1) is 0 Å². The van der Waals surface area contributed by atoms with Crippen molar-refractivity contribution in [3.63, 3.8) is 0 Å². The van der Waals surface area contributed by atoms with Gasteiger partial charge in [-0.25, -0.2) is 0 Å². The molecule has 0 aromatic heterocycles. The summed E-state index contributed by atoms with van der Waals surface area (Å²) in [6.07, 6.45) is 5.01. The van der Waals surface area contributed by atoms with Crippen molar-refractivity contribution < 1.29 is 9.53 Å². The van der Waals surface area contributed by atoms with Crippen LogP contribution in [0.3, 0.4) is 0 Å². The van der Waals surface area contributed by atoms with Gasteiger partial charge in [0.25, 0.3) is 0 Å². The lowest BCUT2D eigenvalue weighted by atomic mass is 9.80. The summed E-state index contributed by atoms with van der Waals surface area (Å²) in [6.45, 7) is 13.6. The van der Waals surface area contributed by atoms with Gasteiger partial charge in [0.1, 0.15) is 0 Å². The second-order valence-electron chi connectivity index (χ2n) is 7.68. The second-order valence-corrected chi connectivity index (χ2v) is 7.68. The van der Waals surface area contributed by atoms with E-state index in [2.05, 4.69) is 29.7 Å². The molecule has 2 atom stereocenters. The van der Waals surface area contributed by atoms with E-state index in [9.17, 15) is 4.79 Å². The van der Waals surface area contributed by atoms with E-state index in [1.165, 1.54) is 19.4 Å². The Morgan fingerprint density at radius 2 is 1.79 bits per heavy atom. The van der Waals surface area contributed by atoms with Crippen LogP contribution in [0.5, 0.6) is 0 Å². The highest BCUT2D eigenvalue weighted by molar-refractivity contribution is 5.78. The third-order valence-electron chi connectivity index (χ3n) is 6.00. The lowest BCUT2D eigenvalue weighted by molar-refractivity contribution is -0.136. The van der Waals surface area contributed by atoms with Crippen LogP contribution in [0.1, 0.15) is 26.7 Å². The highest BCUT2D eigenvalue weighted by atomic mass is 16.5. The van der Waals surface area contributed by atoms with Gasteiger partial charge in [-0.1, -0.05) is 18.6 Å². The quantitative estimate of drug-likeness (QED) is 0.729. The Hall–Kier alpha value is -0.910. The van der Waals surface area contributed by atoms with Crippen molar-refractivity contribution >= 4 is 5.91 Å². The molecular formula is C19H33N3O2. The molecule has 0 spiro atoms. The monoisotopic (exact) mass is 335 g/mol. The number of nitrogens with zero attached hydrogens (tertiary/aromatic N) is 3. The van der Waals surface area contributed by atoms with Crippen LogP contribution >= 0.6 is 0 Å². The Labute approximate surface area is 146 Å². The first kappa shape index (κ1) is 17.9. The van der Waals surface area contributed by atoms with Crippen molar-refractivity contribution in [2.24, 2.45) is 11.8 Å². The summed E-state index contributed by atoms with van der Waals surface area (Å²) in [7, 11) is 0. The molecule has 1 aliphatic carbocycles. The maximum atomic E-state index is 12.4. The first-order chi connectivity index (χ1) is 11.6. The number of hydrogen-bond acceptors (Lipinski definition) is 4. The van der Waals surface area contributed by atoms with Crippen molar-refractivity contribution in [2.45, 2.75) is 26.7 Å². The van der Waals surface area contributed by atoms with E-state index in [4.69, 9.17) is 4.74 Å². The molecule has 0 bridgehead atoms. The zero-order valence-electron chi connectivity index (χ0n) is 15.4. The topological polar surface area (TPSA) is 36.0 Å². The number of ether oxygens (including phenoxy) is 1. The molecule has 2 unspecified atom stereocenters. The Balaban J connectivity index is 1.41. The summed E-state index contributed by atoms with van der Waals surface area (Å²) in [5.74, 6) is 1.79. The molecule has 3 rings (SSSR count). The largest absolute Gasteiger partial charge is 0.378 e. The van der Waals surface area contributed by atoms with Gasteiger partial charge in [-0.3, -0.25) is 9.69 Å². The predicted octanol–water partition coefficient (Wildman–Crippen LogP) is 1.46. The Morgan fingerprint density at radius 3 is 2.46 bits per heavy atom. The van der Waals surface area contributed by atoms with Crippen molar-refractivity contribution in [1.82, 2.24) is 14.7 Å². The molecule has 5 nitrogen and oxygen atoms in total. The average Bonchev–Trinajstić information content (AvgIpc) is 2.60. The molecular weight excluding hydrogens is 302 g/mol. The van der Waals surface area contributed by atoms with E-state index in [1.54, 1.807) is 5.57 Å². The lowest BCUT2D eigenvalue weighted by Crippen LogP contribution is -2.52. The first-order valence-corrected chi connectivity index (χ1v) is 9.60. The Bertz CT molecular complexity index is 452. The lowest BCUT2D eigenvalue weighted by Gasteiger charge is -2.39. The molecule has 136 valence electrons. The summed E-state index contributed by atoms with van der Waals surface area (Å²) < 4.78 is 5.32. The van der Waals surface area contributed by atoms with Gasteiger partial charge in [0.15, 0.2) is 0 Å². The maximum Gasteiger partial charge on any atom is 0.236 e. The van der Waals surface area contributed by atoms with Gasteiger partial charge < -0.3 is 14.5 Å². The number of rotatable bonds is 4. The third kappa shape index (κ3) is 4.58. The zero-order valence-corrected chi connectivity index (χ0v) is 15.4. The number of carbonyl (C=O) groups excluding carboxylic acids is 1. The van der Waals surface area contributed by atoms with Crippen LogP contribution in [0.25, 0.3) is 0 Å². The molecule has 2 heterocycles. The molecule has 0 aromatic rings. The van der Waals surface area contributed by atoms with Crippen molar-refractivity contribution in [1.29, 1.82) is 0 Å². The van der Waals surface area contributed by atoms with Crippen LogP contribution in [0, 0.1) is 11.8 Å². The first-order valence-electron chi connectivity index (χ1n) is 9.60. The molecule has 24 heavy (non-hydrogen) atoms. The van der Waals surface area contributed by atoms with Crippen LogP contribution < -0.4 is 0 Å². The van der Waals surface area contributed by atoms with Crippen LogP contribution in [0.4, 0.5) is 0 Å². The number of piperazine rings is 1. The standard InChI is InChI=1S/C19H33N3O2/c1-16-4-3-5-17(2)18(16)14-20-6-8-21(9-7-20)15-19(23)22-10-12-24-13-11-22/h4,17-18H,3,5-15H2,1-2H3. The minimum Gasteiger partial charge on any atom is -0.378 e. The van der Waals surface area contributed by atoms with Crippen LogP contribution in [-0.2, 0) is 9.53 Å². The van der Waals surface area contributed by atoms with E-state index in [1.807, 2.05) is 4.90 Å². The van der Waals surface area contributed by atoms with Gasteiger partial charge in [-0.05, 0) is 31.6 Å². The zero-order chi connectivity index (χ0) is 16.9. The molecule has 3 aliphatic rings. The SMILES string of the molecule is CC1=CCCC(C)C1CN1CCN(CC(=O)N2CCOCC2)CC1. The van der Waals surface area contributed by atoms with Gasteiger partial charge in [-0.2, -0.15) is 0 Å². The molecule has 5 heteroatoms. The number of morpholine rings is 1. The smallest absolute Gasteiger partial charge is 0.236 e. The number of carbonyl (C=O) groups is 1. The fourth-order valence-electron chi connectivity index (χ4n) is 4.21. The normalized spacial score (nSPS) is 30.2. The van der Waals surface area contributed by atoms with Crippen molar-refractivity contribution in [2.75, 3.05) is 65.6 Å². The third-order valence-corrected chi connectivity index (χ3v) is 6.00. The highest BCUT2D eigenvalue weighted by Crippen LogP contribution is 2.30. The van der Waals surface area contributed by atoms with E-state index < -0.39 is 0 Å². The average molecular weight is 335 g/mol. The summed E-state index contributed by atoms with van der Waals surface area (Å²) >= 11 is 0. The molecule has 0 saturated carbocycles. The second kappa shape index (κ2) is 8.45. The summed E-state index contributed by atoms with van der Waals surface area (Å²) in [5, 5.41) is 0. The fourth-order valence-corrected chi connectivity index (χ4v) is 4.21. The minimum absolute atomic E-state index is 0.270. The number of amides is 1. The summed E-state index contributed by atoms with van der Waals surface area (Å²) in [5.41, 5.74) is 1.58. The van der Waals surface area contributed by atoms with Gasteiger partial charge in [0.05, 0.1) is 19.8 Å². The van der Waals surface area contributed by atoms with Crippen molar-refractivity contribution in [3.8, 4) is 0 Å². The van der Waals surface area contributed by atoms with E-state index in [0.717, 1.165) is 51.1 Å². The molecule has 0 radical (unpaired) electrons. The van der Waals surface area contributed by atoms with E-state index in [-0.39, 0.29) is 5.91 Å². The van der Waals surface area contributed by atoms with Gasteiger partial charge >= 0.3 is 0 Å². The molecule has 0 aromatic carbocycles. The highest BCUT2D eigenvalue weighted by Gasteiger charge is 2.27. The fraction of sp³-hybridized carbons (Fsp3) is 0.842. The summed E-state index contributed by atoms with van der Waals surface area (Å²) in [4.78, 5) is 19.2. The predicted molar refractivity (Wildman–Crippen MR) is 95.9 cm³/mol. The van der Waals surface area contributed by atoms with E-state index >= 15 is 0 Å².